The molecule has 8 aromatic rings. The molecule has 0 N–H and O–H groups in total. The molecule has 0 unspecified atom stereocenters. The molecule has 52 heavy (non-hydrogen) atoms. The lowest BCUT2D eigenvalue weighted by Gasteiger charge is -2.13. The number of benzene rings is 6. The van der Waals surface area contributed by atoms with E-state index in [0.29, 0.717) is 22.9 Å². The highest BCUT2D eigenvalue weighted by atomic mass is 16.5. The van der Waals surface area contributed by atoms with Crippen LogP contribution in [-0.2, 0) is 9.59 Å². The fourth-order valence-corrected chi connectivity index (χ4v) is 6.16. The van der Waals surface area contributed by atoms with Crippen LogP contribution in [0.4, 0.5) is 0 Å². The van der Waals surface area contributed by atoms with E-state index in [1.807, 2.05) is 121 Å². The van der Waals surface area contributed by atoms with Gasteiger partial charge in [-0.3, -0.25) is 9.59 Å². The summed E-state index contributed by atoms with van der Waals surface area (Å²) in [6.07, 6.45) is 0. The van der Waals surface area contributed by atoms with Gasteiger partial charge in [0.05, 0.1) is 44.8 Å². The van der Waals surface area contributed by atoms with E-state index < -0.39 is 0 Å². The lowest BCUT2D eigenvalue weighted by Crippen LogP contribution is -2.01. The van der Waals surface area contributed by atoms with Gasteiger partial charge >= 0.3 is 11.9 Å². The smallest absolute Gasteiger partial charge is 0.308 e. The average molecular weight is 679 g/mol. The number of hydrogen-bond donors (Lipinski definition) is 0. The van der Waals surface area contributed by atoms with E-state index in [1.54, 1.807) is 24.3 Å². The Morgan fingerprint density at radius 2 is 0.673 bits per heavy atom. The molecule has 0 bridgehead atoms. The zero-order chi connectivity index (χ0) is 35.6. The summed E-state index contributed by atoms with van der Waals surface area (Å²) in [5, 5.41) is 0. The van der Waals surface area contributed by atoms with Crippen molar-refractivity contribution in [3.63, 3.8) is 0 Å². The van der Waals surface area contributed by atoms with Gasteiger partial charge in [-0.1, -0.05) is 72.8 Å². The van der Waals surface area contributed by atoms with Crippen molar-refractivity contribution in [1.82, 2.24) is 19.9 Å². The third-order valence-electron chi connectivity index (χ3n) is 8.53. The molecule has 0 saturated carbocycles. The molecule has 8 rings (SSSR count). The van der Waals surface area contributed by atoms with Crippen LogP contribution in [-0.4, -0.2) is 31.9 Å². The highest BCUT2D eigenvalue weighted by Crippen LogP contribution is 2.36. The van der Waals surface area contributed by atoms with Gasteiger partial charge in [-0.05, 0) is 83.9 Å². The Hall–Kier alpha value is -7.06. The van der Waals surface area contributed by atoms with Crippen molar-refractivity contribution >= 4 is 34.0 Å². The SMILES string of the molecule is CC(=O)Oc1ccc(-c2nc3cc(-c4ccc5nc(-c6ccccc6)c(-c6ccc(OC(C)=O)cc6)nc5c4)ccc3nc2-c2ccccc2)cc1. The molecule has 0 atom stereocenters. The maximum Gasteiger partial charge on any atom is 0.308 e. The number of aromatic nitrogens is 4. The second kappa shape index (κ2) is 13.7. The van der Waals surface area contributed by atoms with Crippen LogP contribution in [0.25, 0.3) is 78.2 Å². The van der Waals surface area contributed by atoms with Crippen LogP contribution in [0.1, 0.15) is 13.8 Å². The van der Waals surface area contributed by atoms with Crippen molar-refractivity contribution in [2.45, 2.75) is 13.8 Å². The van der Waals surface area contributed by atoms with E-state index in [0.717, 1.165) is 66.8 Å². The van der Waals surface area contributed by atoms with Gasteiger partial charge in [0.1, 0.15) is 11.5 Å². The molecule has 0 aliphatic heterocycles. The lowest BCUT2D eigenvalue weighted by atomic mass is 10.0. The molecule has 0 fully saturated rings. The average Bonchev–Trinajstić information content (AvgIpc) is 3.17. The molecule has 6 aromatic carbocycles. The van der Waals surface area contributed by atoms with Crippen LogP contribution in [0.5, 0.6) is 11.5 Å². The second-order valence-corrected chi connectivity index (χ2v) is 12.2. The summed E-state index contributed by atoms with van der Waals surface area (Å²) in [5.74, 6) is 0.174. The fraction of sp³-hybridized carbons (Fsp3) is 0.0455. The Kier molecular flexibility index (Phi) is 8.46. The predicted molar refractivity (Wildman–Crippen MR) is 202 cm³/mol. The standard InChI is InChI=1S/C44H30N4O4/c1-27(49)51-35-19-13-31(14-20-35)43-41(29-9-5-3-6-10-29)45-37-23-17-33(25-39(37)47-43)34-18-24-38-40(26-34)48-44(42(46-38)30-11-7-4-8-12-30)32-15-21-36(22-16-32)52-28(2)50/h3-26H,1-2H3. The number of nitrogens with zero attached hydrogens (tertiary/aromatic N) is 4. The van der Waals surface area contributed by atoms with E-state index in [-0.39, 0.29) is 11.9 Å². The molecule has 0 radical (unpaired) electrons. The molecule has 250 valence electrons. The fourth-order valence-electron chi connectivity index (χ4n) is 6.16. The van der Waals surface area contributed by atoms with Crippen molar-refractivity contribution in [2.75, 3.05) is 0 Å². The van der Waals surface area contributed by atoms with E-state index in [9.17, 15) is 9.59 Å². The van der Waals surface area contributed by atoms with Crippen molar-refractivity contribution < 1.29 is 19.1 Å². The first-order valence-corrected chi connectivity index (χ1v) is 16.7. The summed E-state index contributed by atoms with van der Waals surface area (Å²) >= 11 is 0. The summed E-state index contributed by atoms with van der Waals surface area (Å²) in [5.41, 5.74) is 11.4. The molecule has 0 spiro atoms. The molecule has 2 heterocycles. The van der Waals surface area contributed by atoms with Crippen molar-refractivity contribution in [3.8, 4) is 67.7 Å². The molecule has 0 aliphatic carbocycles. The lowest BCUT2D eigenvalue weighted by molar-refractivity contribution is -0.132. The molecule has 2 aromatic heterocycles. The Morgan fingerprint density at radius 3 is 1.02 bits per heavy atom. The van der Waals surface area contributed by atoms with Gasteiger partial charge in [-0.25, -0.2) is 19.9 Å². The Morgan fingerprint density at radius 1 is 0.365 bits per heavy atom. The molecule has 8 nitrogen and oxygen atoms in total. The van der Waals surface area contributed by atoms with Gasteiger partial charge in [0, 0.05) is 36.1 Å². The Balaban J connectivity index is 1.23. The van der Waals surface area contributed by atoms with Gasteiger partial charge in [0.25, 0.3) is 0 Å². The molecular weight excluding hydrogens is 649 g/mol. The quantitative estimate of drug-likeness (QED) is 0.121. The highest BCUT2D eigenvalue weighted by molar-refractivity contribution is 5.92. The maximum atomic E-state index is 11.5. The summed E-state index contributed by atoms with van der Waals surface area (Å²) in [7, 11) is 0. The van der Waals surface area contributed by atoms with Crippen molar-refractivity contribution in [3.05, 3.63) is 146 Å². The summed E-state index contributed by atoms with van der Waals surface area (Å²) in [6.45, 7) is 2.76. The minimum atomic E-state index is -0.377. The third kappa shape index (κ3) is 6.60. The third-order valence-corrected chi connectivity index (χ3v) is 8.53. The molecular formula is C44H30N4O4. The van der Waals surface area contributed by atoms with E-state index in [4.69, 9.17) is 29.4 Å². The highest BCUT2D eigenvalue weighted by Gasteiger charge is 2.17. The topological polar surface area (TPSA) is 104 Å². The van der Waals surface area contributed by atoms with Gasteiger partial charge in [0.15, 0.2) is 0 Å². The first-order valence-electron chi connectivity index (χ1n) is 16.7. The van der Waals surface area contributed by atoms with Crippen LogP contribution < -0.4 is 9.47 Å². The monoisotopic (exact) mass is 678 g/mol. The van der Waals surface area contributed by atoms with Crippen LogP contribution in [0.3, 0.4) is 0 Å². The number of fused-ring (bicyclic) bond motifs is 2. The Bertz CT molecular complexity index is 2420. The van der Waals surface area contributed by atoms with Crippen molar-refractivity contribution in [2.24, 2.45) is 0 Å². The minimum absolute atomic E-state index is 0.377. The molecule has 0 saturated heterocycles. The molecule has 8 heteroatoms. The normalized spacial score (nSPS) is 11.0. The van der Waals surface area contributed by atoms with E-state index >= 15 is 0 Å². The van der Waals surface area contributed by atoms with Gasteiger partial charge in [-0.15, -0.1) is 0 Å². The largest absolute Gasteiger partial charge is 0.427 e. The van der Waals surface area contributed by atoms with Gasteiger partial charge in [0.2, 0.25) is 0 Å². The number of esters is 2. The zero-order valence-corrected chi connectivity index (χ0v) is 28.3. The first-order chi connectivity index (χ1) is 25.4. The Labute approximate surface area is 299 Å². The molecule has 0 amide bonds. The van der Waals surface area contributed by atoms with Crippen LogP contribution >= 0.6 is 0 Å². The van der Waals surface area contributed by atoms with E-state index in [2.05, 4.69) is 0 Å². The minimum Gasteiger partial charge on any atom is -0.427 e. The van der Waals surface area contributed by atoms with Crippen LogP contribution in [0, 0.1) is 0 Å². The summed E-state index contributed by atoms with van der Waals surface area (Å²) in [4.78, 5) is 43.5. The summed E-state index contributed by atoms with van der Waals surface area (Å²) in [6, 6.07) is 46.6. The maximum absolute atomic E-state index is 11.5. The number of rotatable bonds is 7. The number of carbonyl (C=O) groups excluding carboxylic acids is 2. The van der Waals surface area contributed by atoms with E-state index in [1.165, 1.54) is 13.8 Å². The van der Waals surface area contributed by atoms with Gasteiger partial charge < -0.3 is 9.47 Å². The zero-order valence-electron chi connectivity index (χ0n) is 28.3. The summed E-state index contributed by atoms with van der Waals surface area (Å²) < 4.78 is 10.5. The second-order valence-electron chi connectivity index (χ2n) is 12.2. The first kappa shape index (κ1) is 32.2. The van der Waals surface area contributed by atoms with Gasteiger partial charge in [-0.2, -0.15) is 0 Å². The molecule has 0 aliphatic rings. The number of hydrogen-bond acceptors (Lipinski definition) is 8. The van der Waals surface area contributed by atoms with Crippen LogP contribution in [0.15, 0.2) is 146 Å². The predicted octanol–water partition coefficient (Wildman–Crippen LogP) is 9.76. The van der Waals surface area contributed by atoms with Crippen LogP contribution in [0.2, 0.25) is 0 Å². The number of carbonyl (C=O) groups is 2. The number of ether oxygens (including phenoxy) is 2. The van der Waals surface area contributed by atoms with Crippen molar-refractivity contribution in [1.29, 1.82) is 0 Å².